The van der Waals surface area contributed by atoms with E-state index in [1.54, 1.807) is 36.4 Å². The van der Waals surface area contributed by atoms with Crippen molar-refractivity contribution in [2.45, 2.75) is 20.0 Å². The van der Waals surface area contributed by atoms with Crippen LogP contribution in [-0.2, 0) is 6.18 Å². The van der Waals surface area contributed by atoms with Crippen LogP contribution >= 0.6 is 22.9 Å². The van der Waals surface area contributed by atoms with Gasteiger partial charge in [-0.1, -0.05) is 35.9 Å². The number of halogens is 4. The van der Waals surface area contributed by atoms with Crippen LogP contribution in [-0.4, -0.2) is 14.8 Å². The normalized spacial score (nSPS) is 11.9. The summed E-state index contributed by atoms with van der Waals surface area (Å²) in [5.41, 5.74) is 3.12. The Morgan fingerprint density at radius 3 is 2.33 bits per heavy atom. The van der Waals surface area contributed by atoms with Gasteiger partial charge >= 0.3 is 6.18 Å². The first-order valence-corrected chi connectivity index (χ1v) is 11.4. The van der Waals surface area contributed by atoms with Gasteiger partial charge in [-0.05, 0) is 66.8 Å². The number of benzene rings is 2. The average molecular weight is 484 g/mol. The summed E-state index contributed by atoms with van der Waals surface area (Å²) in [6.07, 6.45) is -4.59. The number of alkyl halides is 3. The minimum Gasteiger partial charge on any atom is -0.227 e. The molecule has 5 rings (SSSR count). The fraction of sp³-hybridized carbons (Fsp3) is 0.120. The van der Waals surface area contributed by atoms with Crippen LogP contribution in [0, 0.1) is 13.8 Å². The maximum Gasteiger partial charge on any atom is 0.417 e. The number of rotatable bonds is 3. The molecule has 2 aromatic carbocycles. The molecule has 3 aromatic heterocycles. The molecule has 8 heteroatoms. The highest BCUT2D eigenvalue weighted by Crippen LogP contribution is 2.42. The van der Waals surface area contributed by atoms with Crippen LogP contribution in [0.1, 0.15) is 16.7 Å². The third-order valence-electron chi connectivity index (χ3n) is 5.57. The van der Waals surface area contributed by atoms with Crippen molar-refractivity contribution >= 4 is 34.0 Å². The lowest BCUT2D eigenvalue weighted by atomic mass is 10.0. The number of thiophene rings is 1. The minimum atomic E-state index is -4.59. The highest BCUT2D eigenvalue weighted by atomic mass is 35.5. The molecule has 33 heavy (non-hydrogen) atoms. The Labute approximate surface area is 197 Å². The summed E-state index contributed by atoms with van der Waals surface area (Å²) in [5.74, 6) is 0. The average Bonchev–Trinajstić information content (AvgIpc) is 3.43. The Kier molecular flexibility index (Phi) is 5.26. The number of hydrogen-bond donors (Lipinski definition) is 0. The second-order valence-electron chi connectivity index (χ2n) is 7.76. The predicted octanol–water partition coefficient (Wildman–Crippen LogP) is 8.11. The number of pyridine rings is 1. The highest BCUT2D eigenvalue weighted by Gasteiger charge is 2.36. The Morgan fingerprint density at radius 1 is 0.939 bits per heavy atom. The van der Waals surface area contributed by atoms with E-state index in [1.165, 1.54) is 16.0 Å². The van der Waals surface area contributed by atoms with E-state index in [4.69, 9.17) is 11.6 Å². The van der Waals surface area contributed by atoms with Crippen molar-refractivity contribution in [3.05, 3.63) is 87.8 Å². The fourth-order valence-electron chi connectivity index (χ4n) is 3.74. The van der Waals surface area contributed by atoms with E-state index in [2.05, 4.69) is 10.1 Å². The van der Waals surface area contributed by atoms with Gasteiger partial charge in [0.1, 0.15) is 5.69 Å². The summed E-state index contributed by atoms with van der Waals surface area (Å²) in [4.78, 5) is 5.32. The summed E-state index contributed by atoms with van der Waals surface area (Å²) >= 11 is 7.36. The summed E-state index contributed by atoms with van der Waals surface area (Å²) < 4.78 is 44.5. The summed E-state index contributed by atoms with van der Waals surface area (Å²) in [6.45, 7) is 3.94. The van der Waals surface area contributed by atoms with Gasteiger partial charge in [0.15, 0.2) is 5.65 Å². The second-order valence-corrected chi connectivity index (χ2v) is 9.15. The van der Waals surface area contributed by atoms with E-state index in [9.17, 15) is 13.2 Å². The lowest BCUT2D eigenvalue weighted by molar-refractivity contribution is -0.136. The molecule has 3 nitrogen and oxygen atoms in total. The smallest absolute Gasteiger partial charge is 0.227 e. The molecule has 0 N–H and O–H groups in total. The first-order valence-electron chi connectivity index (χ1n) is 10.1. The topological polar surface area (TPSA) is 30.7 Å². The maximum atomic E-state index is 14.3. The third kappa shape index (κ3) is 3.92. The lowest BCUT2D eigenvalue weighted by Gasteiger charge is -2.12. The van der Waals surface area contributed by atoms with E-state index in [0.29, 0.717) is 21.2 Å². The van der Waals surface area contributed by atoms with E-state index < -0.39 is 11.7 Å². The van der Waals surface area contributed by atoms with Gasteiger partial charge in [0.05, 0.1) is 27.2 Å². The maximum absolute atomic E-state index is 14.3. The summed E-state index contributed by atoms with van der Waals surface area (Å²) in [5, 5.41) is 6.91. The van der Waals surface area contributed by atoms with Gasteiger partial charge in [0, 0.05) is 10.6 Å². The monoisotopic (exact) mass is 483 g/mol. The molecule has 3 heterocycles. The summed E-state index contributed by atoms with van der Waals surface area (Å²) in [7, 11) is 0. The largest absolute Gasteiger partial charge is 0.417 e. The molecular weight excluding hydrogens is 467 g/mol. The van der Waals surface area contributed by atoms with Crippen LogP contribution in [0.2, 0.25) is 5.02 Å². The van der Waals surface area contributed by atoms with Crippen molar-refractivity contribution < 1.29 is 13.2 Å². The zero-order valence-electron chi connectivity index (χ0n) is 17.6. The molecule has 0 radical (unpaired) electrons. The van der Waals surface area contributed by atoms with E-state index in [-0.39, 0.29) is 22.4 Å². The predicted molar refractivity (Wildman–Crippen MR) is 127 cm³/mol. The molecule has 0 aliphatic heterocycles. The Hall–Kier alpha value is -3.16. The van der Waals surface area contributed by atoms with Gasteiger partial charge in [-0.25, -0.2) is 9.67 Å². The van der Waals surface area contributed by atoms with Crippen LogP contribution in [0.15, 0.2) is 66.0 Å². The second kappa shape index (κ2) is 8.01. The molecule has 0 bridgehead atoms. The molecule has 0 amide bonds. The number of aromatic nitrogens is 3. The summed E-state index contributed by atoms with van der Waals surface area (Å²) in [6, 6.07) is 16.9. The standard InChI is InChI=1S/C25H17ClF3N3S/c1-14-5-10-18(12-15(14)2)32-24-22(23(31-32)16-6-8-17(26)9-7-16)19(25(27,28)29)13-20(30-24)21-4-3-11-33-21/h3-13H,1-2H3. The van der Waals surface area contributed by atoms with Crippen LogP contribution < -0.4 is 0 Å². The molecule has 0 fully saturated rings. The van der Waals surface area contributed by atoms with Gasteiger partial charge < -0.3 is 0 Å². The molecule has 166 valence electrons. The Morgan fingerprint density at radius 2 is 1.70 bits per heavy atom. The van der Waals surface area contributed by atoms with Crippen molar-refractivity contribution in [3.63, 3.8) is 0 Å². The minimum absolute atomic E-state index is 0.0386. The zero-order valence-corrected chi connectivity index (χ0v) is 19.2. The number of nitrogens with zero attached hydrogens (tertiary/aromatic N) is 3. The molecule has 0 aliphatic carbocycles. The van der Waals surface area contributed by atoms with Crippen molar-refractivity contribution in [1.82, 2.24) is 14.8 Å². The van der Waals surface area contributed by atoms with E-state index in [0.717, 1.165) is 17.2 Å². The van der Waals surface area contributed by atoms with Crippen LogP contribution in [0.3, 0.4) is 0 Å². The lowest BCUT2D eigenvalue weighted by Crippen LogP contribution is -2.08. The van der Waals surface area contributed by atoms with Crippen molar-refractivity contribution in [2.75, 3.05) is 0 Å². The Balaban J connectivity index is 1.90. The van der Waals surface area contributed by atoms with Crippen LogP contribution in [0.25, 0.3) is 38.5 Å². The van der Waals surface area contributed by atoms with Crippen molar-refractivity contribution in [2.24, 2.45) is 0 Å². The third-order valence-corrected chi connectivity index (χ3v) is 6.71. The first-order chi connectivity index (χ1) is 15.7. The van der Waals surface area contributed by atoms with Crippen LogP contribution in [0.5, 0.6) is 0 Å². The quantitative estimate of drug-likeness (QED) is 0.259. The molecule has 0 saturated carbocycles. The molecular formula is C25H17ClF3N3S. The number of aryl methyl sites for hydroxylation is 2. The van der Waals surface area contributed by atoms with Crippen LogP contribution in [0.4, 0.5) is 13.2 Å². The molecule has 0 atom stereocenters. The first kappa shape index (κ1) is 21.7. The van der Waals surface area contributed by atoms with Gasteiger partial charge in [0.25, 0.3) is 0 Å². The van der Waals surface area contributed by atoms with Gasteiger partial charge in [-0.2, -0.15) is 18.3 Å². The molecule has 0 unspecified atom stereocenters. The highest BCUT2D eigenvalue weighted by molar-refractivity contribution is 7.13. The van der Waals surface area contributed by atoms with Crippen molar-refractivity contribution in [1.29, 1.82) is 0 Å². The number of hydrogen-bond acceptors (Lipinski definition) is 3. The number of fused-ring (bicyclic) bond motifs is 1. The molecule has 0 aliphatic rings. The Bertz CT molecular complexity index is 1470. The van der Waals surface area contributed by atoms with Crippen molar-refractivity contribution in [3.8, 4) is 27.5 Å². The molecule has 5 aromatic rings. The van der Waals surface area contributed by atoms with Gasteiger partial charge in [-0.3, -0.25) is 0 Å². The van der Waals surface area contributed by atoms with Gasteiger partial charge in [0.2, 0.25) is 0 Å². The SMILES string of the molecule is Cc1ccc(-n2nc(-c3ccc(Cl)cc3)c3c(C(F)(F)F)cc(-c4cccs4)nc32)cc1C. The zero-order chi connectivity index (χ0) is 23.3. The molecule has 0 spiro atoms. The van der Waals surface area contributed by atoms with E-state index >= 15 is 0 Å². The fourth-order valence-corrected chi connectivity index (χ4v) is 4.55. The molecule has 0 saturated heterocycles. The van der Waals surface area contributed by atoms with Gasteiger partial charge in [-0.15, -0.1) is 11.3 Å². The van der Waals surface area contributed by atoms with E-state index in [1.807, 2.05) is 37.4 Å².